The Labute approximate surface area is 132 Å². The highest BCUT2D eigenvalue weighted by Gasteiger charge is 2.17. The summed E-state index contributed by atoms with van der Waals surface area (Å²) in [6, 6.07) is 18.5. The molecule has 0 radical (unpaired) electrons. The molecular formula is C17H13ClN2O2. The SMILES string of the molecule is COC(=O)c1cc(-c2ccc(Cl)cc2)nn1-c1ccccc1. The van der Waals surface area contributed by atoms with Crippen molar-refractivity contribution >= 4 is 17.6 Å². The van der Waals surface area contributed by atoms with E-state index >= 15 is 0 Å². The van der Waals surface area contributed by atoms with Crippen LogP contribution < -0.4 is 0 Å². The summed E-state index contributed by atoms with van der Waals surface area (Å²) in [5, 5.41) is 5.17. The van der Waals surface area contributed by atoms with Gasteiger partial charge < -0.3 is 4.74 Å². The number of carbonyl (C=O) groups excluding carboxylic acids is 1. The lowest BCUT2D eigenvalue weighted by Crippen LogP contribution is -2.09. The highest BCUT2D eigenvalue weighted by atomic mass is 35.5. The summed E-state index contributed by atoms with van der Waals surface area (Å²) in [5.74, 6) is -0.434. The standard InChI is InChI=1S/C17H13ClN2O2/c1-22-17(21)16-11-15(12-7-9-13(18)10-8-12)19-20(16)14-5-3-2-4-6-14/h2-11H,1H3. The maximum Gasteiger partial charge on any atom is 0.356 e. The maximum atomic E-state index is 12.0. The van der Waals surface area contributed by atoms with Crippen LogP contribution >= 0.6 is 11.6 Å². The van der Waals surface area contributed by atoms with E-state index < -0.39 is 5.97 Å². The van der Waals surface area contributed by atoms with Crippen molar-refractivity contribution < 1.29 is 9.53 Å². The van der Waals surface area contributed by atoms with Gasteiger partial charge in [-0.1, -0.05) is 41.9 Å². The third kappa shape index (κ3) is 2.73. The van der Waals surface area contributed by atoms with E-state index in [1.54, 1.807) is 22.9 Å². The average Bonchev–Trinajstić information content (AvgIpc) is 3.01. The summed E-state index contributed by atoms with van der Waals surface area (Å²) in [7, 11) is 1.35. The molecule has 22 heavy (non-hydrogen) atoms. The Hall–Kier alpha value is -2.59. The zero-order chi connectivity index (χ0) is 15.5. The molecule has 3 rings (SSSR count). The number of rotatable bonds is 3. The second kappa shape index (κ2) is 6.03. The van der Waals surface area contributed by atoms with Crippen LogP contribution in [0.2, 0.25) is 5.02 Å². The van der Waals surface area contributed by atoms with Gasteiger partial charge in [0, 0.05) is 10.6 Å². The Morgan fingerprint density at radius 2 is 1.77 bits per heavy atom. The monoisotopic (exact) mass is 312 g/mol. The maximum absolute atomic E-state index is 12.0. The van der Waals surface area contributed by atoms with Gasteiger partial charge in [-0.2, -0.15) is 5.10 Å². The normalized spacial score (nSPS) is 10.5. The zero-order valence-corrected chi connectivity index (χ0v) is 12.6. The molecule has 0 atom stereocenters. The predicted octanol–water partition coefficient (Wildman–Crippen LogP) is 3.98. The average molecular weight is 313 g/mol. The van der Waals surface area contributed by atoms with E-state index in [4.69, 9.17) is 16.3 Å². The number of methoxy groups -OCH3 is 1. The lowest BCUT2D eigenvalue weighted by atomic mass is 10.1. The lowest BCUT2D eigenvalue weighted by molar-refractivity contribution is 0.0590. The summed E-state index contributed by atoms with van der Waals surface area (Å²) in [4.78, 5) is 12.0. The molecule has 0 N–H and O–H groups in total. The molecule has 2 aromatic carbocycles. The van der Waals surface area contributed by atoms with Gasteiger partial charge in [0.1, 0.15) is 0 Å². The van der Waals surface area contributed by atoms with Crippen LogP contribution in [0.3, 0.4) is 0 Å². The van der Waals surface area contributed by atoms with E-state index in [1.807, 2.05) is 42.5 Å². The van der Waals surface area contributed by atoms with Gasteiger partial charge >= 0.3 is 5.97 Å². The number of esters is 1. The van der Waals surface area contributed by atoms with E-state index in [-0.39, 0.29) is 0 Å². The van der Waals surface area contributed by atoms with Gasteiger partial charge in [0.05, 0.1) is 18.5 Å². The highest BCUT2D eigenvalue weighted by Crippen LogP contribution is 2.23. The van der Waals surface area contributed by atoms with Gasteiger partial charge in [-0.25, -0.2) is 9.48 Å². The molecule has 0 aliphatic rings. The predicted molar refractivity (Wildman–Crippen MR) is 85.3 cm³/mol. The molecule has 0 saturated carbocycles. The largest absolute Gasteiger partial charge is 0.464 e. The summed E-state index contributed by atoms with van der Waals surface area (Å²) in [6.07, 6.45) is 0. The zero-order valence-electron chi connectivity index (χ0n) is 11.9. The van der Waals surface area contributed by atoms with Crippen molar-refractivity contribution in [1.29, 1.82) is 0 Å². The van der Waals surface area contributed by atoms with Crippen LogP contribution in [0.4, 0.5) is 0 Å². The Bertz CT molecular complexity index is 795. The van der Waals surface area contributed by atoms with Crippen molar-refractivity contribution in [2.24, 2.45) is 0 Å². The van der Waals surface area contributed by atoms with Gasteiger partial charge in [0.15, 0.2) is 5.69 Å². The number of aromatic nitrogens is 2. The molecule has 0 saturated heterocycles. The van der Waals surface area contributed by atoms with Crippen LogP contribution in [-0.4, -0.2) is 22.9 Å². The van der Waals surface area contributed by atoms with Gasteiger partial charge in [0.2, 0.25) is 0 Å². The highest BCUT2D eigenvalue weighted by molar-refractivity contribution is 6.30. The van der Waals surface area contributed by atoms with Crippen molar-refractivity contribution in [1.82, 2.24) is 9.78 Å². The molecule has 0 fully saturated rings. The topological polar surface area (TPSA) is 44.1 Å². The minimum absolute atomic E-state index is 0.374. The minimum atomic E-state index is -0.434. The summed E-state index contributed by atoms with van der Waals surface area (Å²) in [6.45, 7) is 0. The number of nitrogens with zero attached hydrogens (tertiary/aromatic N) is 2. The molecule has 4 nitrogen and oxygen atoms in total. The van der Waals surface area contributed by atoms with Crippen LogP contribution in [0.25, 0.3) is 16.9 Å². The van der Waals surface area contributed by atoms with Crippen molar-refractivity contribution in [2.45, 2.75) is 0 Å². The number of carbonyl (C=O) groups is 1. The molecule has 5 heteroatoms. The Morgan fingerprint density at radius 3 is 2.41 bits per heavy atom. The van der Waals surface area contributed by atoms with Crippen molar-refractivity contribution in [3.8, 4) is 16.9 Å². The van der Waals surface area contributed by atoms with Crippen LogP contribution in [0.15, 0.2) is 60.7 Å². The Morgan fingerprint density at radius 1 is 1.09 bits per heavy atom. The van der Waals surface area contributed by atoms with Crippen molar-refractivity contribution in [2.75, 3.05) is 7.11 Å². The lowest BCUT2D eigenvalue weighted by Gasteiger charge is -2.05. The Kier molecular flexibility index (Phi) is 3.94. The molecule has 0 bridgehead atoms. The van der Waals surface area contributed by atoms with Crippen molar-refractivity contribution in [3.63, 3.8) is 0 Å². The van der Waals surface area contributed by atoms with Crippen molar-refractivity contribution in [3.05, 3.63) is 71.4 Å². The van der Waals surface area contributed by atoms with E-state index in [9.17, 15) is 4.79 Å². The van der Waals surface area contributed by atoms with Gasteiger partial charge in [-0.15, -0.1) is 0 Å². The molecule has 110 valence electrons. The van der Waals surface area contributed by atoms with Crippen LogP contribution in [0.5, 0.6) is 0 Å². The van der Waals surface area contributed by atoms with E-state index in [1.165, 1.54) is 7.11 Å². The molecule has 0 spiro atoms. The fourth-order valence-corrected chi connectivity index (χ4v) is 2.28. The summed E-state index contributed by atoms with van der Waals surface area (Å²) >= 11 is 5.90. The number of hydrogen-bond donors (Lipinski definition) is 0. The van der Waals surface area contributed by atoms with E-state index in [0.29, 0.717) is 16.4 Å². The van der Waals surface area contributed by atoms with Crippen LogP contribution in [0.1, 0.15) is 10.5 Å². The number of halogens is 1. The first-order valence-electron chi connectivity index (χ1n) is 6.69. The summed E-state index contributed by atoms with van der Waals surface area (Å²) in [5.41, 5.74) is 2.73. The number of para-hydroxylation sites is 1. The third-order valence-corrected chi connectivity index (χ3v) is 3.50. The van der Waals surface area contributed by atoms with Gasteiger partial charge in [0.25, 0.3) is 0 Å². The first kappa shape index (κ1) is 14.4. The molecule has 0 aliphatic carbocycles. The second-order valence-electron chi connectivity index (χ2n) is 4.66. The molecule has 1 heterocycles. The second-order valence-corrected chi connectivity index (χ2v) is 5.10. The first-order valence-corrected chi connectivity index (χ1v) is 7.06. The number of benzene rings is 2. The van der Waals surface area contributed by atoms with E-state index in [2.05, 4.69) is 5.10 Å². The molecule has 0 unspecified atom stereocenters. The smallest absolute Gasteiger partial charge is 0.356 e. The molecular weight excluding hydrogens is 300 g/mol. The number of ether oxygens (including phenoxy) is 1. The Balaban J connectivity index is 2.13. The van der Waals surface area contributed by atoms with Crippen LogP contribution in [0, 0.1) is 0 Å². The minimum Gasteiger partial charge on any atom is -0.464 e. The van der Waals surface area contributed by atoms with E-state index in [0.717, 1.165) is 11.3 Å². The third-order valence-electron chi connectivity index (χ3n) is 3.24. The molecule has 1 aromatic heterocycles. The fourth-order valence-electron chi connectivity index (χ4n) is 2.16. The molecule has 3 aromatic rings. The molecule has 0 amide bonds. The first-order chi connectivity index (χ1) is 10.7. The fraction of sp³-hybridized carbons (Fsp3) is 0.0588. The molecule has 0 aliphatic heterocycles. The van der Waals surface area contributed by atoms with Gasteiger partial charge in [-0.3, -0.25) is 0 Å². The quantitative estimate of drug-likeness (QED) is 0.687. The number of hydrogen-bond acceptors (Lipinski definition) is 3. The van der Waals surface area contributed by atoms with Gasteiger partial charge in [-0.05, 0) is 30.3 Å². The van der Waals surface area contributed by atoms with Crippen LogP contribution in [-0.2, 0) is 4.74 Å². The summed E-state index contributed by atoms with van der Waals surface area (Å²) < 4.78 is 6.42.